The molecule has 4 heteroatoms. The van der Waals surface area contributed by atoms with Crippen molar-refractivity contribution in [3.8, 4) is 0 Å². The van der Waals surface area contributed by atoms with Crippen molar-refractivity contribution in [2.75, 3.05) is 12.8 Å². The summed E-state index contributed by atoms with van der Waals surface area (Å²) in [6.07, 6.45) is 2.14. The summed E-state index contributed by atoms with van der Waals surface area (Å²) in [5, 5.41) is 4.57. The minimum absolute atomic E-state index is 0.237. The van der Waals surface area contributed by atoms with Gasteiger partial charge in [0.05, 0.1) is 0 Å². The molecule has 166 valence electrons. The van der Waals surface area contributed by atoms with Gasteiger partial charge in [-0.1, -0.05) is 0 Å². The summed E-state index contributed by atoms with van der Waals surface area (Å²) in [7, 11) is -1.75. The Morgan fingerprint density at radius 2 is 1.06 bits per heavy atom. The topological polar surface area (TPSA) is 9.23 Å². The number of rotatable bonds is 8. The predicted octanol–water partition coefficient (Wildman–Crippen LogP) is 7.28. The van der Waals surface area contributed by atoms with E-state index in [1.54, 1.807) is 0 Å². The number of halogens is 1. The SMILES string of the molecule is CC(C)(C)[Si](C)(C)OCCCP(I)(c1ccccc1)(c1ccccc1)c1ccccc1. The summed E-state index contributed by atoms with van der Waals surface area (Å²) in [5.41, 5.74) is 0. The van der Waals surface area contributed by atoms with E-state index in [9.17, 15) is 0 Å². The first-order chi connectivity index (χ1) is 14.6. The van der Waals surface area contributed by atoms with Crippen LogP contribution in [-0.4, -0.2) is 21.1 Å². The Bertz CT molecular complexity index is 869. The molecule has 3 aromatic rings. The third-order valence-electron chi connectivity index (χ3n) is 6.88. The molecular formula is C27H36IOPSi. The van der Waals surface area contributed by atoms with Gasteiger partial charge in [0.15, 0.2) is 0 Å². The molecule has 0 atom stereocenters. The van der Waals surface area contributed by atoms with Crippen LogP contribution in [0.15, 0.2) is 91.0 Å². The molecule has 0 radical (unpaired) electrons. The molecule has 3 aromatic carbocycles. The van der Waals surface area contributed by atoms with E-state index >= 15 is 0 Å². The summed E-state index contributed by atoms with van der Waals surface area (Å²) < 4.78 is 3.92. The van der Waals surface area contributed by atoms with Crippen LogP contribution in [0.4, 0.5) is 0 Å². The van der Waals surface area contributed by atoms with Crippen LogP contribution in [0.1, 0.15) is 27.2 Å². The molecule has 0 saturated carbocycles. The van der Waals surface area contributed by atoms with Crippen LogP contribution >= 0.6 is 26.3 Å². The van der Waals surface area contributed by atoms with Gasteiger partial charge in [0.1, 0.15) is 0 Å². The Morgan fingerprint density at radius 1 is 0.710 bits per heavy atom. The number of hydrogen-bond donors (Lipinski definition) is 0. The molecule has 0 unspecified atom stereocenters. The minimum atomic E-state index is -2.68. The van der Waals surface area contributed by atoms with Gasteiger partial charge >= 0.3 is 204 Å². The fraction of sp³-hybridized carbons (Fsp3) is 0.333. The Labute approximate surface area is 203 Å². The van der Waals surface area contributed by atoms with Gasteiger partial charge in [-0.2, -0.15) is 0 Å². The monoisotopic (exact) mass is 562 g/mol. The average molecular weight is 563 g/mol. The molecular weight excluding hydrogens is 526 g/mol. The molecule has 0 amide bonds. The van der Waals surface area contributed by atoms with Gasteiger partial charge in [0.2, 0.25) is 0 Å². The van der Waals surface area contributed by atoms with Gasteiger partial charge in [-0.15, -0.1) is 0 Å². The summed E-state index contributed by atoms with van der Waals surface area (Å²) in [6, 6.07) is 33.5. The summed E-state index contributed by atoms with van der Waals surface area (Å²) >= 11 is 2.87. The van der Waals surface area contributed by atoms with Crippen molar-refractivity contribution in [2.45, 2.75) is 45.3 Å². The molecule has 0 aromatic heterocycles. The standard InChI is InChI=1S/C27H36IOPSi/c1-27(2,3)31(4,5)29-22-15-23-30(28,24-16-9-6-10-17-24,25-18-11-7-12-19-25)26-20-13-8-14-21-26/h6-14,16-21H,15,22-23H2,1-5H3. The van der Waals surface area contributed by atoms with Crippen molar-refractivity contribution in [3.63, 3.8) is 0 Å². The van der Waals surface area contributed by atoms with E-state index in [0.29, 0.717) is 0 Å². The average Bonchev–Trinajstić information content (AvgIpc) is 2.78. The first-order valence-electron chi connectivity index (χ1n) is 11.1. The first-order valence-corrected chi connectivity index (χ1v) is 19.2. The van der Waals surface area contributed by atoms with E-state index in [-0.39, 0.29) is 5.04 Å². The van der Waals surface area contributed by atoms with Crippen molar-refractivity contribution < 1.29 is 4.43 Å². The number of hydrogen-bond acceptors (Lipinski definition) is 1. The van der Waals surface area contributed by atoms with Crippen molar-refractivity contribution in [3.05, 3.63) is 91.0 Å². The zero-order valence-electron chi connectivity index (χ0n) is 19.5. The van der Waals surface area contributed by atoms with Crippen LogP contribution < -0.4 is 15.9 Å². The van der Waals surface area contributed by atoms with Crippen LogP contribution in [0.5, 0.6) is 0 Å². The van der Waals surface area contributed by atoms with E-state index < -0.39 is 12.6 Å². The zero-order chi connectivity index (χ0) is 22.6. The molecule has 0 aliphatic rings. The molecule has 0 spiro atoms. The quantitative estimate of drug-likeness (QED) is 0.121. The van der Waals surface area contributed by atoms with Gasteiger partial charge in [-0.3, -0.25) is 0 Å². The van der Waals surface area contributed by atoms with Crippen LogP contribution in [0.25, 0.3) is 0 Å². The van der Waals surface area contributed by atoms with Gasteiger partial charge in [-0.05, 0) is 0 Å². The fourth-order valence-corrected chi connectivity index (χ4v) is 13.7. The predicted molar refractivity (Wildman–Crippen MR) is 152 cm³/mol. The Morgan fingerprint density at radius 3 is 1.39 bits per heavy atom. The Kier molecular flexibility index (Phi) is 7.52. The molecule has 1 nitrogen and oxygen atoms in total. The van der Waals surface area contributed by atoms with E-state index in [4.69, 9.17) is 4.43 Å². The van der Waals surface area contributed by atoms with Crippen molar-refractivity contribution in [1.29, 1.82) is 0 Å². The second-order valence-corrected chi connectivity index (χ2v) is 25.4. The molecule has 0 aliphatic carbocycles. The Hall–Kier alpha value is -1.00. The maximum absolute atomic E-state index is 6.60. The molecule has 0 heterocycles. The van der Waals surface area contributed by atoms with Gasteiger partial charge in [-0.25, -0.2) is 0 Å². The summed E-state index contributed by atoms with van der Waals surface area (Å²) in [5.74, 6) is 0. The molecule has 0 fully saturated rings. The van der Waals surface area contributed by atoms with Crippen molar-refractivity contribution >= 4 is 50.5 Å². The third-order valence-corrected chi connectivity index (χ3v) is 23.2. The molecule has 0 saturated heterocycles. The van der Waals surface area contributed by atoms with E-state index in [1.165, 1.54) is 15.9 Å². The molecule has 3 rings (SSSR count). The zero-order valence-corrected chi connectivity index (χ0v) is 23.6. The number of benzene rings is 3. The first kappa shape index (κ1) is 24.6. The Balaban J connectivity index is 2.07. The van der Waals surface area contributed by atoms with Gasteiger partial charge < -0.3 is 0 Å². The maximum atomic E-state index is 6.60. The fourth-order valence-electron chi connectivity index (χ4n) is 3.96. The van der Waals surface area contributed by atoms with Gasteiger partial charge in [0.25, 0.3) is 0 Å². The molecule has 0 N–H and O–H groups in total. The van der Waals surface area contributed by atoms with Crippen LogP contribution in [0.2, 0.25) is 18.1 Å². The third kappa shape index (κ3) is 4.85. The second kappa shape index (κ2) is 9.47. The normalized spacial score (nSPS) is 14.1. The van der Waals surface area contributed by atoms with Crippen molar-refractivity contribution in [1.82, 2.24) is 0 Å². The molecule has 31 heavy (non-hydrogen) atoms. The molecule has 0 bridgehead atoms. The van der Waals surface area contributed by atoms with Crippen LogP contribution in [0, 0.1) is 0 Å². The van der Waals surface area contributed by atoms with E-state index in [0.717, 1.165) is 19.2 Å². The van der Waals surface area contributed by atoms with Crippen LogP contribution in [-0.2, 0) is 4.43 Å². The molecule has 0 aliphatic heterocycles. The van der Waals surface area contributed by atoms with Gasteiger partial charge in [0, 0.05) is 0 Å². The summed E-state index contributed by atoms with van der Waals surface area (Å²) in [6.45, 7) is 12.5. The van der Waals surface area contributed by atoms with Crippen LogP contribution in [0.3, 0.4) is 0 Å². The van der Waals surface area contributed by atoms with E-state index in [2.05, 4.69) is 147 Å². The second-order valence-electron chi connectivity index (χ2n) is 9.88. The van der Waals surface area contributed by atoms with Crippen molar-refractivity contribution in [2.24, 2.45) is 0 Å². The van der Waals surface area contributed by atoms with E-state index in [1.807, 2.05) is 0 Å². The summed E-state index contributed by atoms with van der Waals surface area (Å²) in [4.78, 5) is 0.